The van der Waals surface area contributed by atoms with Crippen molar-refractivity contribution in [2.45, 2.75) is 64.5 Å². The molecular formula is C17H28O4Si. The molecule has 3 fully saturated rings. The van der Waals surface area contributed by atoms with E-state index >= 15 is 0 Å². The summed E-state index contributed by atoms with van der Waals surface area (Å²) in [5.74, 6) is -0.00955. The highest BCUT2D eigenvalue weighted by Crippen LogP contribution is 2.74. The van der Waals surface area contributed by atoms with E-state index in [1.54, 1.807) is 0 Å². The number of hydrogen-bond acceptors (Lipinski definition) is 4. The molecule has 1 saturated heterocycles. The van der Waals surface area contributed by atoms with E-state index in [0.29, 0.717) is 0 Å². The average molecular weight is 324 g/mol. The number of carbonyl (C=O) groups excluding carboxylic acids is 1. The molecule has 4 nitrogen and oxygen atoms in total. The van der Waals surface area contributed by atoms with Crippen LogP contribution in [0.15, 0.2) is 11.3 Å². The number of hydrogen-bond donors (Lipinski definition) is 2. The van der Waals surface area contributed by atoms with Crippen LogP contribution in [0, 0.1) is 16.7 Å². The van der Waals surface area contributed by atoms with E-state index < -0.39 is 30.6 Å². The molecule has 2 aliphatic carbocycles. The van der Waals surface area contributed by atoms with Crippen LogP contribution in [-0.2, 0) is 9.53 Å². The number of aliphatic hydroxyl groups excluding tert-OH is 2. The Labute approximate surface area is 133 Å². The van der Waals surface area contributed by atoms with Crippen molar-refractivity contribution < 1.29 is 19.7 Å². The van der Waals surface area contributed by atoms with Gasteiger partial charge in [0.1, 0.15) is 5.60 Å². The zero-order valence-corrected chi connectivity index (χ0v) is 15.3. The minimum atomic E-state index is -1.58. The Hall–Kier alpha value is -0.653. The number of aliphatic hydroxyl groups is 2. The Morgan fingerprint density at radius 2 is 2.05 bits per heavy atom. The van der Waals surface area contributed by atoms with Gasteiger partial charge < -0.3 is 14.9 Å². The van der Waals surface area contributed by atoms with Crippen molar-refractivity contribution in [1.82, 2.24) is 0 Å². The Balaban J connectivity index is 2.26. The molecule has 3 rings (SSSR count). The van der Waals surface area contributed by atoms with Gasteiger partial charge >= 0.3 is 5.97 Å². The fourth-order valence-electron chi connectivity index (χ4n) is 5.47. The van der Waals surface area contributed by atoms with Crippen LogP contribution in [0.4, 0.5) is 0 Å². The number of esters is 1. The van der Waals surface area contributed by atoms with Gasteiger partial charge in [-0.05, 0) is 31.3 Å². The second-order valence-corrected chi connectivity index (χ2v) is 13.8. The third-order valence-corrected chi connectivity index (χ3v) is 7.68. The first-order chi connectivity index (χ1) is 10.0. The molecule has 3 unspecified atom stereocenters. The summed E-state index contributed by atoms with van der Waals surface area (Å²) in [5, 5.41) is 21.5. The number of rotatable bonds is 2. The minimum Gasteiger partial charge on any atom is -0.457 e. The topological polar surface area (TPSA) is 66.8 Å². The molecule has 0 aromatic heterocycles. The van der Waals surface area contributed by atoms with Gasteiger partial charge in [-0.3, -0.25) is 4.79 Å². The summed E-state index contributed by atoms with van der Waals surface area (Å²) in [6.07, 6.45) is 1.24. The molecule has 0 bridgehead atoms. The predicted molar refractivity (Wildman–Crippen MR) is 86.9 cm³/mol. The molecule has 0 radical (unpaired) electrons. The summed E-state index contributed by atoms with van der Waals surface area (Å²) < 4.78 is 5.90. The SMILES string of the molecule is C[C@@H]1CCC23OC(=O)CC12[C@@H](O)/C(=C\[Si](C)(C)C)C3(C)CO. The molecule has 124 valence electrons. The van der Waals surface area contributed by atoms with Gasteiger partial charge in [-0.1, -0.05) is 32.3 Å². The van der Waals surface area contributed by atoms with Gasteiger partial charge in [0.05, 0.1) is 38.0 Å². The van der Waals surface area contributed by atoms with Crippen molar-refractivity contribution in [2.75, 3.05) is 6.61 Å². The van der Waals surface area contributed by atoms with Crippen molar-refractivity contribution in [3.8, 4) is 0 Å². The molecule has 5 heteroatoms. The maximum atomic E-state index is 12.1. The third kappa shape index (κ3) is 1.62. The molecule has 3 aliphatic rings. The first-order valence-corrected chi connectivity index (χ1v) is 11.9. The first kappa shape index (κ1) is 16.2. The fourth-order valence-corrected chi connectivity index (χ4v) is 6.88. The molecule has 0 amide bonds. The highest BCUT2D eigenvalue weighted by atomic mass is 28.3. The van der Waals surface area contributed by atoms with Gasteiger partial charge in [-0.15, -0.1) is 0 Å². The van der Waals surface area contributed by atoms with E-state index in [1.807, 2.05) is 6.92 Å². The maximum Gasteiger partial charge on any atom is 0.307 e. The van der Waals surface area contributed by atoms with E-state index in [4.69, 9.17) is 4.74 Å². The van der Waals surface area contributed by atoms with Crippen LogP contribution >= 0.6 is 0 Å². The number of carbonyl (C=O) groups is 1. The summed E-state index contributed by atoms with van der Waals surface area (Å²) in [6.45, 7) is 10.7. The zero-order chi connectivity index (χ0) is 16.6. The summed E-state index contributed by atoms with van der Waals surface area (Å²) in [4.78, 5) is 12.1. The van der Waals surface area contributed by atoms with E-state index in [9.17, 15) is 15.0 Å². The molecule has 5 atom stereocenters. The van der Waals surface area contributed by atoms with Gasteiger partial charge in [-0.2, -0.15) is 0 Å². The lowest BCUT2D eigenvalue weighted by Gasteiger charge is -2.43. The van der Waals surface area contributed by atoms with Gasteiger partial charge in [0.15, 0.2) is 0 Å². The average Bonchev–Trinajstić information content (AvgIpc) is 2.91. The molecule has 22 heavy (non-hydrogen) atoms. The number of ether oxygens (including phenoxy) is 1. The van der Waals surface area contributed by atoms with Crippen LogP contribution in [0.1, 0.15) is 33.1 Å². The normalized spacial score (nSPS) is 49.4. The summed E-state index contributed by atoms with van der Waals surface area (Å²) >= 11 is 0. The molecule has 1 heterocycles. The van der Waals surface area contributed by atoms with E-state index in [1.165, 1.54) is 0 Å². The summed E-state index contributed by atoms with van der Waals surface area (Å²) in [6, 6.07) is 0. The predicted octanol–water partition coefficient (Wildman–Crippen LogP) is 2.27. The highest BCUT2D eigenvalue weighted by Gasteiger charge is 2.81. The largest absolute Gasteiger partial charge is 0.457 e. The van der Waals surface area contributed by atoms with Crippen LogP contribution < -0.4 is 0 Å². The lowest BCUT2D eigenvalue weighted by molar-refractivity contribution is -0.164. The quantitative estimate of drug-likeness (QED) is 0.604. The molecule has 0 aromatic carbocycles. The fraction of sp³-hybridized carbons (Fsp3) is 0.824. The summed E-state index contributed by atoms with van der Waals surface area (Å²) in [7, 11) is -1.58. The minimum absolute atomic E-state index is 0.0951. The standard InChI is InChI=1S/C17H28O4Si/c1-11-6-7-17-15(2,10-18)12(9-22(3,4)5)14(20)16(11,17)8-13(19)21-17/h9,11,14,18,20H,6-8,10H2,1-5H3/b12-9+/t11-,14+,15?,16?,17?/m1/s1. The highest BCUT2D eigenvalue weighted by molar-refractivity contribution is 6.81. The Morgan fingerprint density at radius 3 is 2.59 bits per heavy atom. The van der Waals surface area contributed by atoms with Crippen molar-refractivity contribution in [1.29, 1.82) is 0 Å². The van der Waals surface area contributed by atoms with Crippen molar-refractivity contribution in [3.63, 3.8) is 0 Å². The van der Waals surface area contributed by atoms with Gasteiger partial charge in [0.25, 0.3) is 0 Å². The van der Waals surface area contributed by atoms with Crippen molar-refractivity contribution in [3.05, 3.63) is 11.3 Å². The molecule has 0 aromatic rings. The lowest BCUT2D eigenvalue weighted by atomic mass is 9.65. The van der Waals surface area contributed by atoms with E-state index in [-0.39, 0.29) is 24.9 Å². The Kier molecular flexibility index (Phi) is 3.28. The maximum absolute atomic E-state index is 12.1. The van der Waals surface area contributed by atoms with Crippen LogP contribution in [0.3, 0.4) is 0 Å². The smallest absolute Gasteiger partial charge is 0.307 e. The van der Waals surface area contributed by atoms with Crippen LogP contribution in [0.5, 0.6) is 0 Å². The van der Waals surface area contributed by atoms with E-state index in [0.717, 1.165) is 18.4 Å². The van der Waals surface area contributed by atoms with E-state index in [2.05, 4.69) is 32.3 Å². The third-order valence-electron chi connectivity index (χ3n) is 6.50. The molecule has 2 saturated carbocycles. The molecule has 0 spiro atoms. The van der Waals surface area contributed by atoms with Gasteiger partial charge in [-0.25, -0.2) is 0 Å². The van der Waals surface area contributed by atoms with Gasteiger partial charge in [0, 0.05) is 0 Å². The molecular weight excluding hydrogens is 296 g/mol. The second kappa shape index (κ2) is 4.45. The lowest BCUT2D eigenvalue weighted by Crippen LogP contribution is -2.52. The Morgan fingerprint density at radius 1 is 1.41 bits per heavy atom. The second-order valence-electron chi connectivity index (χ2n) is 8.82. The zero-order valence-electron chi connectivity index (χ0n) is 14.3. The monoisotopic (exact) mass is 324 g/mol. The summed E-state index contributed by atoms with van der Waals surface area (Å²) in [5.41, 5.74) is 1.14. The van der Waals surface area contributed by atoms with Crippen LogP contribution in [0.2, 0.25) is 19.6 Å². The first-order valence-electron chi connectivity index (χ1n) is 8.28. The van der Waals surface area contributed by atoms with Crippen molar-refractivity contribution >= 4 is 14.0 Å². The molecule has 2 N–H and O–H groups in total. The van der Waals surface area contributed by atoms with Crippen molar-refractivity contribution in [2.24, 2.45) is 16.7 Å². The van der Waals surface area contributed by atoms with Crippen LogP contribution in [0.25, 0.3) is 0 Å². The molecule has 1 aliphatic heterocycles. The Bertz CT molecular complexity index is 551. The van der Waals surface area contributed by atoms with Crippen LogP contribution in [-0.4, -0.2) is 42.6 Å². The van der Waals surface area contributed by atoms with Gasteiger partial charge in [0.2, 0.25) is 0 Å².